The first-order valence-electron chi connectivity index (χ1n) is 6.81. The minimum Gasteiger partial charge on any atom is -0.491 e. The van der Waals surface area contributed by atoms with Gasteiger partial charge in [0.05, 0.1) is 6.10 Å². The van der Waals surface area contributed by atoms with Crippen molar-refractivity contribution in [3.8, 4) is 17.1 Å². The normalized spacial score (nSPS) is 10.9. The van der Waals surface area contributed by atoms with Gasteiger partial charge in [-0.3, -0.25) is 0 Å². The quantitative estimate of drug-likeness (QED) is 0.780. The Morgan fingerprint density at radius 2 is 1.80 bits per heavy atom. The molecule has 0 radical (unpaired) electrons. The minimum atomic E-state index is 0.164. The van der Waals surface area contributed by atoms with E-state index in [0.29, 0.717) is 11.0 Å². The van der Waals surface area contributed by atoms with Crippen molar-refractivity contribution in [3.05, 3.63) is 40.7 Å². The van der Waals surface area contributed by atoms with Crippen molar-refractivity contribution in [2.24, 2.45) is 0 Å². The summed E-state index contributed by atoms with van der Waals surface area (Å²) in [5.41, 5.74) is 2.88. The second kappa shape index (κ2) is 6.23. The third kappa shape index (κ3) is 3.28. The summed E-state index contributed by atoms with van der Waals surface area (Å²) in [5, 5.41) is 0.539. The number of nitrogens with zero attached hydrogens (tertiary/aromatic N) is 2. The summed E-state index contributed by atoms with van der Waals surface area (Å²) in [6, 6.07) is 7.76. The standard InChI is InChI=1S/C16H19ClN2O/c1-5-14-11(4)18-16(19-15(14)17)12-6-8-13(9-7-12)20-10(2)3/h6-10H,5H2,1-4H3. The van der Waals surface area contributed by atoms with Crippen LogP contribution in [-0.4, -0.2) is 16.1 Å². The average molecular weight is 291 g/mol. The van der Waals surface area contributed by atoms with Gasteiger partial charge in [0, 0.05) is 16.8 Å². The highest BCUT2D eigenvalue weighted by Crippen LogP contribution is 2.24. The summed E-state index contributed by atoms with van der Waals surface area (Å²) in [5.74, 6) is 1.50. The summed E-state index contributed by atoms with van der Waals surface area (Å²) in [4.78, 5) is 8.91. The SMILES string of the molecule is CCc1c(C)nc(-c2ccc(OC(C)C)cc2)nc1Cl. The Balaban J connectivity index is 2.32. The van der Waals surface area contributed by atoms with E-state index < -0.39 is 0 Å². The molecule has 0 saturated heterocycles. The third-order valence-corrected chi connectivity index (χ3v) is 3.31. The molecule has 4 heteroatoms. The molecule has 0 aliphatic carbocycles. The molecule has 1 aromatic heterocycles. The lowest BCUT2D eigenvalue weighted by Gasteiger charge is -2.11. The Bertz CT molecular complexity index is 571. The van der Waals surface area contributed by atoms with Crippen LogP contribution in [-0.2, 0) is 6.42 Å². The molecule has 2 rings (SSSR count). The van der Waals surface area contributed by atoms with Gasteiger partial charge in [-0.15, -0.1) is 0 Å². The molecular weight excluding hydrogens is 272 g/mol. The van der Waals surface area contributed by atoms with Crippen LogP contribution in [0.4, 0.5) is 0 Å². The molecule has 3 nitrogen and oxygen atoms in total. The minimum absolute atomic E-state index is 0.164. The Morgan fingerprint density at radius 3 is 2.30 bits per heavy atom. The smallest absolute Gasteiger partial charge is 0.161 e. The monoisotopic (exact) mass is 290 g/mol. The third-order valence-electron chi connectivity index (χ3n) is 3.00. The van der Waals surface area contributed by atoms with E-state index >= 15 is 0 Å². The number of hydrogen-bond donors (Lipinski definition) is 0. The predicted octanol–water partition coefficient (Wildman–Crippen LogP) is 4.46. The van der Waals surface area contributed by atoms with Crippen LogP contribution >= 0.6 is 11.6 Å². The lowest BCUT2D eigenvalue weighted by atomic mass is 10.1. The molecule has 0 saturated carbocycles. The molecule has 106 valence electrons. The van der Waals surface area contributed by atoms with Crippen molar-refractivity contribution < 1.29 is 4.74 Å². The van der Waals surface area contributed by atoms with Crippen LogP contribution in [0.5, 0.6) is 5.75 Å². The summed E-state index contributed by atoms with van der Waals surface area (Å²) in [7, 11) is 0. The van der Waals surface area contributed by atoms with Crippen molar-refractivity contribution in [1.29, 1.82) is 0 Å². The molecule has 20 heavy (non-hydrogen) atoms. The molecule has 0 N–H and O–H groups in total. The van der Waals surface area contributed by atoms with E-state index in [2.05, 4.69) is 16.9 Å². The second-order valence-electron chi connectivity index (χ2n) is 4.95. The van der Waals surface area contributed by atoms with Crippen LogP contribution in [0.15, 0.2) is 24.3 Å². The van der Waals surface area contributed by atoms with Crippen LogP contribution in [0.2, 0.25) is 5.15 Å². The number of aryl methyl sites for hydroxylation is 1. The molecule has 1 aromatic carbocycles. The van der Waals surface area contributed by atoms with Gasteiger partial charge in [-0.25, -0.2) is 9.97 Å². The van der Waals surface area contributed by atoms with Gasteiger partial charge in [0.15, 0.2) is 5.82 Å². The van der Waals surface area contributed by atoms with E-state index in [9.17, 15) is 0 Å². The highest BCUT2D eigenvalue weighted by atomic mass is 35.5. The van der Waals surface area contributed by atoms with E-state index in [1.165, 1.54) is 0 Å². The maximum Gasteiger partial charge on any atom is 0.161 e. The summed E-state index contributed by atoms with van der Waals surface area (Å²) < 4.78 is 5.62. The number of ether oxygens (including phenoxy) is 1. The molecule has 0 unspecified atom stereocenters. The van der Waals surface area contributed by atoms with Crippen LogP contribution in [0, 0.1) is 6.92 Å². The zero-order valence-corrected chi connectivity index (χ0v) is 13.0. The molecule has 0 atom stereocenters. The van der Waals surface area contributed by atoms with Gasteiger partial charge in [-0.1, -0.05) is 18.5 Å². The van der Waals surface area contributed by atoms with Crippen molar-refractivity contribution in [2.75, 3.05) is 0 Å². The van der Waals surface area contributed by atoms with Crippen molar-refractivity contribution >= 4 is 11.6 Å². The van der Waals surface area contributed by atoms with Gasteiger partial charge < -0.3 is 4.74 Å². The molecule has 0 amide bonds. The number of hydrogen-bond acceptors (Lipinski definition) is 3. The Hall–Kier alpha value is -1.61. The van der Waals surface area contributed by atoms with E-state index in [1.54, 1.807) is 0 Å². The van der Waals surface area contributed by atoms with Gasteiger partial charge in [0.2, 0.25) is 0 Å². The maximum atomic E-state index is 6.21. The Morgan fingerprint density at radius 1 is 1.15 bits per heavy atom. The Kier molecular flexibility index (Phi) is 4.61. The second-order valence-corrected chi connectivity index (χ2v) is 5.30. The van der Waals surface area contributed by atoms with Gasteiger partial charge in [0.25, 0.3) is 0 Å². The highest BCUT2D eigenvalue weighted by molar-refractivity contribution is 6.30. The maximum absolute atomic E-state index is 6.21. The van der Waals surface area contributed by atoms with Crippen LogP contribution in [0.3, 0.4) is 0 Å². The summed E-state index contributed by atoms with van der Waals surface area (Å²) in [6.45, 7) is 8.02. The molecule has 0 aliphatic rings. The first-order chi connectivity index (χ1) is 9.51. The lowest BCUT2D eigenvalue weighted by Crippen LogP contribution is -2.05. The largest absolute Gasteiger partial charge is 0.491 e. The zero-order chi connectivity index (χ0) is 14.7. The molecule has 0 spiro atoms. The number of benzene rings is 1. The van der Waals surface area contributed by atoms with Crippen LogP contribution in [0.25, 0.3) is 11.4 Å². The topological polar surface area (TPSA) is 35.0 Å². The molecule has 1 heterocycles. The molecule has 2 aromatic rings. The van der Waals surface area contributed by atoms with E-state index in [0.717, 1.165) is 29.0 Å². The molecular formula is C16H19ClN2O. The van der Waals surface area contributed by atoms with Gasteiger partial charge >= 0.3 is 0 Å². The highest BCUT2D eigenvalue weighted by Gasteiger charge is 2.10. The fourth-order valence-corrected chi connectivity index (χ4v) is 2.40. The fraction of sp³-hybridized carbons (Fsp3) is 0.375. The zero-order valence-electron chi connectivity index (χ0n) is 12.3. The van der Waals surface area contributed by atoms with E-state index in [4.69, 9.17) is 16.3 Å². The Labute approximate surface area is 125 Å². The van der Waals surface area contributed by atoms with E-state index in [-0.39, 0.29) is 6.10 Å². The number of halogens is 1. The van der Waals surface area contributed by atoms with Crippen molar-refractivity contribution in [1.82, 2.24) is 9.97 Å². The average Bonchev–Trinajstić information content (AvgIpc) is 2.38. The molecule has 0 bridgehead atoms. The van der Waals surface area contributed by atoms with Gasteiger partial charge in [-0.05, 0) is 51.5 Å². The molecule has 0 aliphatic heterocycles. The van der Waals surface area contributed by atoms with Crippen molar-refractivity contribution in [3.63, 3.8) is 0 Å². The number of aromatic nitrogens is 2. The number of rotatable bonds is 4. The first kappa shape index (κ1) is 14.8. The van der Waals surface area contributed by atoms with Gasteiger partial charge in [0.1, 0.15) is 10.9 Å². The van der Waals surface area contributed by atoms with Gasteiger partial charge in [-0.2, -0.15) is 0 Å². The van der Waals surface area contributed by atoms with Crippen LogP contribution in [0.1, 0.15) is 32.0 Å². The fourth-order valence-electron chi connectivity index (χ4n) is 2.05. The lowest BCUT2D eigenvalue weighted by molar-refractivity contribution is 0.242. The summed E-state index contributed by atoms with van der Waals surface area (Å²) >= 11 is 6.21. The van der Waals surface area contributed by atoms with Crippen molar-refractivity contribution in [2.45, 2.75) is 40.2 Å². The van der Waals surface area contributed by atoms with Crippen LogP contribution < -0.4 is 4.74 Å². The predicted molar refractivity (Wildman–Crippen MR) is 82.4 cm³/mol. The van der Waals surface area contributed by atoms with E-state index in [1.807, 2.05) is 45.0 Å². The summed E-state index contributed by atoms with van der Waals surface area (Å²) in [6.07, 6.45) is 1.00. The first-order valence-corrected chi connectivity index (χ1v) is 7.19. The molecule has 0 fully saturated rings.